The molecule has 186 valence electrons. The van der Waals surface area contributed by atoms with Crippen molar-refractivity contribution in [2.45, 2.75) is 99.7 Å². The van der Waals surface area contributed by atoms with Gasteiger partial charge in [0.1, 0.15) is 6.04 Å². The van der Waals surface area contributed by atoms with Crippen molar-refractivity contribution in [2.75, 3.05) is 20.2 Å². The monoisotopic (exact) mass is 453 g/mol. The summed E-state index contributed by atoms with van der Waals surface area (Å²) in [6.07, 6.45) is 3.03. The van der Waals surface area contributed by atoms with Crippen LogP contribution in [0.3, 0.4) is 0 Å². The number of rotatable bonds is 12. The van der Waals surface area contributed by atoms with Gasteiger partial charge in [-0.1, -0.05) is 61.5 Å². The zero-order chi connectivity index (χ0) is 25.3. The molecule has 0 saturated carbocycles. The third kappa shape index (κ3) is 7.91. The molecule has 0 unspecified atom stereocenters. The van der Waals surface area contributed by atoms with Gasteiger partial charge < -0.3 is 20.3 Å². The summed E-state index contributed by atoms with van der Waals surface area (Å²) in [7, 11) is 1.73. The van der Waals surface area contributed by atoms with Crippen molar-refractivity contribution < 1.29 is 19.1 Å². The van der Waals surface area contributed by atoms with Gasteiger partial charge in [-0.2, -0.15) is 0 Å². The molecule has 0 radical (unpaired) electrons. The maximum atomic E-state index is 13.7. The van der Waals surface area contributed by atoms with Crippen LogP contribution < -0.4 is 10.6 Å². The van der Waals surface area contributed by atoms with Crippen molar-refractivity contribution >= 4 is 17.8 Å². The summed E-state index contributed by atoms with van der Waals surface area (Å²) < 4.78 is 5.09. The molecule has 0 rings (SSSR count). The molecule has 0 aliphatic carbocycles. The summed E-state index contributed by atoms with van der Waals surface area (Å²) in [6.45, 7) is 20.2. The molecule has 0 saturated heterocycles. The summed E-state index contributed by atoms with van der Waals surface area (Å²) in [6, 6.07) is -1.03. The molecule has 0 spiro atoms. The minimum Gasteiger partial charge on any atom is -0.463 e. The van der Waals surface area contributed by atoms with E-state index in [4.69, 9.17) is 4.74 Å². The highest BCUT2D eigenvalue weighted by molar-refractivity contribution is 5.93. The fraction of sp³-hybridized carbons (Fsp3) is 0.800. The third-order valence-electron chi connectivity index (χ3n) is 6.04. The Labute approximate surface area is 195 Å². The smallest absolute Gasteiger partial charge is 0.333 e. The zero-order valence-corrected chi connectivity index (χ0v) is 22.2. The lowest BCUT2D eigenvalue weighted by atomic mass is 9.83. The van der Waals surface area contributed by atoms with Gasteiger partial charge in [0.2, 0.25) is 11.8 Å². The Bertz CT molecular complexity index is 661. The average molecular weight is 454 g/mol. The number of nitrogens with zero attached hydrogens (tertiary/aromatic N) is 1. The van der Waals surface area contributed by atoms with Crippen molar-refractivity contribution in [1.29, 1.82) is 0 Å². The van der Waals surface area contributed by atoms with E-state index in [9.17, 15) is 14.4 Å². The van der Waals surface area contributed by atoms with Crippen LogP contribution in [0, 0.1) is 11.3 Å². The summed E-state index contributed by atoms with van der Waals surface area (Å²) in [5.74, 6) is -0.668. The highest BCUT2D eigenvalue weighted by atomic mass is 16.5. The molecule has 0 fully saturated rings. The largest absolute Gasteiger partial charge is 0.463 e. The maximum absolute atomic E-state index is 13.7. The van der Waals surface area contributed by atoms with Crippen molar-refractivity contribution in [3.05, 3.63) is 11.6 Å². The molecule has 7 heteroatoms. The van der Waals surface area contributed by atoms with Crippen LogP contribution in [0.4, 0.5) is 0 Å². The second-order valence-electron chi connectivity index (χ2n) is 9.85. The molecular formula is C25H47N3O4. The molecule has 0 bridgehead atoms. The van der Waals surface area contributed by atoms with Gasteiger partial charge in [0, 0.05) is 12.6 Å². The van der Waals surface area contributed by atoms with Crippen molar-refractivity contribution in [1.82, 2.24) is 15.5 Å². The molecule has 0 aromatic heterocycles. The first kappa shape index (κ1) is 30.1. The van der Waals surface area contributed by atoms with Gasteiger partial charge in [0.05, 0.1) is 18.2 Å². The Morgan fingerprint density at radius 2 is 1.56 bits per heavy atom. The third-order valence-corrected chi connectivity index (χ3v) is 6.04. The van der Waals surface area contributed by atoms with Gasteiger partial charge in [0.15, 0.2) is 0 Å². The second kappa shape index (κ2) is 13.0. The van der Waals surface area contributed by atoms with E-state index in [0.29, 0.717) is 31.6 Å². The number of nitrogens with one attached hydrogen (secondary N) is 2. The molecule has 32 heavy (non-hydrogen) atoms. The molecule has 0 heterocycles. The van der Waals surface area contributed by atoms with E-state index in [1.807, 2.05) is 55.4 Å². The molecule has 2 atom stereocenters. The van der Waals surface area contributed by atoms with Crippen molar-refractivity contribution in [2.24, 2.45) is 11.3 Å². The molecular weight excluding hydrogens is 406 g/mol. The van der Waals surface area contributed by atoms with Crippen LogP contribution in [0.15, 0.2) is 11.6 Å². The summed E-state index contributed by atoms with van der Waals surface area (Å²) in [4.78, 5) is 40.7. The lowest BCUT2D eigenvalue weighted by Gasteiger charge is -2.40. The topological polar surface area (TPSA) is 87.7 Å². The van der Waals surface area contributed by atoms with E-state index in [-0.39, 0.29) is 29.7 Å². The van der Waals surface area contributed by atoms with Crippen LogP contribution in [0.25, 0.3) is 0 Å². The Kier molecular flexibility index (Phi) is 12.2. The van der Waals surface area contributed by atoms with Gasteiger partial charge in [-0.3, -0.25) is 9.59 Å². The van der Waals surface area contributed by atoms with E-state index in [1.54, 1.807) is 31.9 Å². The summed E-state index contributed by atoms with van der Waals surface area (Å²) >= 11 is 0. The fourth-order valence-corrected chi connectivity index (χ4v) is 3.83. The van der Waals surface area contributed by atoms with Gasteiger partial charge in [-0.15, -0.1) is 0 Å². The van der Waals surface area contributed by atoms with Crippen LogP contribution in [0.1, 0.15) is 82.1 Å². The van der Waals surface area contributed by atoms with Gasteiger partial charge >= 0.3 is 5.97 Å². The maximum Gasteiger partial charge on any atom is 0.333 e. The van der Waals surface area contributed by atoms with Crippen molar-refractivity contribution in [3.63, 3.8) is 0 Å². The Morgan fingerprint density at radius 1 is 1.03 bits per heavy atom. The van der Waals surface area contributed by atoms with E-state index in [2.05, 4.69) is 10.6 Å². The average Bonchev–Trinajstić information content (AvgIpc) is 2.71. The fourth-order valence-electron chi connectivity index (χ4n) is 3.83. The molecule has 0 aromatic rings. The van der Waals surface area contributed by atoms with Crippen LogP contribution in [-0.2, 0) is 19.1 Å². The number of hydrogen-bond donors (Lipinski definition) is 2. The first-order valence-electron chi connectivity index (χ1n) is 11.9. The van der Waals surface area contributed by atoms with Gasteiger partial charge in [-0.25, -0.2) is 4.79 Å². The lowest BCUT2D eigenvalue weighted by molar-refractivity contribution is -0.142. The molecule has 0 aliphatic rings. The number of carbonyl (C=O) groups is 3. The number of amides is 2. The predicted molar refractivity (Wildman–Crippen MR) is 130 cm³/mol. The Hall–Kier alpha value is -1.89. The number of ether oxygens (including phenoxy) is 1. The zero-order valence-electron chi connectivity index (χ0n) is 22.2. The Balaban J connectivity index is 6.01. The summed E-state index contributed by atoms with van der Waals surface area (Å²) in [5, 5.41) is 6.36. The number of hydrogen-bond acceptors (Lipinski definition) is 5. The molecule has 7 nitrogen and oxygen atoms in total. The molecule has 0 aliphatic heterocycles. The van der Waals surface area contributed by atoms with Gasteiger partial charge in [-0.05, 0) is 44.6 Å². The van der Waals surface area contributed by atoms with E-state index >= 15 is 0 Å². The minimum atomic E-state index is -0.714. The first-order chi connectivity index (χ1) is 14.7. The normalized spacial score (nSPS) is 14.7. The quantitative estimate of drug-likeness (QED) is 0.348. The molecule has 0 aromatic carbocycles. The van der Waals surface area contributed by atoms with Crippen LogP contribution >= 0.6 is 0 Å². The van der Waals surface area contributed by atoms with Crippen molar-refractivity contribution in [3.8, 4) is 0 Å². The van der Waals surface area contributed by atoms with Crippen LogP contribution in [0.2, 0.25) is 0 Å². The summed E-state index contributed by atoms with van der Waals surface area (Å²) in [5.41, 5.74) is -0.749. The van der Waals surface area contributed by atoms with E-state index in [1.165, 1.54) is 0 Å². The predicted octanol–water partition coefficient (Wildman–Crippen LogP) is 3.68. The van der Waals surface area contributed by atoms with Gasteiger partial charge in [0.25, 0.3) is 0 Å². The van der Waals surface area contributed by atoms with E-state index < -0.39 is 17.0 Å². The van der Waals surface area contributed by atoms with Crippen LogP contribution in [0.5, 0.6) is 0 Å². The Morgan fingerprint density at radius 3 is 1.94 bits per heavy atom. The highest BCUT2D eigenvalue weighted by Crippen LogP contribution is 2.25. The van der Waals surface area contributed by atoms with Crippen LogP contribution in [-0.4, -0.2) is 60.5 Å². The SMILES string of the molecule is CCNC(CC)(CC)C(=O)N[C@H](C(=O)N(C)[C@H](/C=C(\C)C(=O)OCC)C(C)C)C(C)(C)C. The second-order valence-corrected chi connectivity index (χ2v) is 9.85. The number of carbonyl (C=O) groups excluding carboxylic acids is 3. The standard InChI is InChI=1S/C25H47N3O4/c1-12-25(13-2,26-14-3)23(31)27-20(24(8,9)10)21(29)28(11)19(17(5)6)16-18(7)22(30)32-15-4/h16-17,19-20,26H,12-15H2,1-11H3,(H,27,31)/b18-16+/t19-,20-/m1/s1. The lowest BCUT2D eigenvalue weighted by Crippen LogP contribution is -2.63. The number of likely N-dealkylation sites (N-methyl/N-ethyl adjacent to an activating group) is 2. The minimum absolute atomic E-state index is 0.0665. The molecule has 2 N–H and O–H groups in total. The number of esters is 1. The van der Waals surface area contributed by atoms with E-state index in [0.717, 1.165) is 0 Å². The first-order valence-corrected chi connectivity index (χ1v) is 11.9. The highest BCUT2D eigenvalue weighted by Gasteiger charge is 2.41. The molecule has 2 amide bonds.